The molecule has 0 spiro atoms. The predicted molar refractivity (Wildman–Crippen MR) is 126 cm³/mol. The van der Waals surface area contributed by atoms with E-state index in [1.54, 1.807) is 18.1 Å². The Morgan fingerprint density at radius 2 is 1.82 bits per heavy atom. The molecule has 0 fully saturated rings. The summed E-state index contributed by atoms with van der Waals surface area (Å²) in [6, 6.07) is 22.9. The Kier molecular flexibility index (Phi) is 7.25. The number of ether oxygens (including phenoxy) is 2. The highest BCUT2D eigenvalue weighted by atomic mass is 16.5. The number of carbonyl (C=O) groups excluding carboxylic acids is 2. The minimum absolute atomic E-state index is 0.0521. The molecule has 0 saturated carbocycles. The summed E-state index contributed by atoms with van der Waals surface area (Å²) >= 11 is 0. The average molecular weight is 445 g/mol. The van der Waals surface area contributed by atoms with Gasteiger partial charge in [0, 0.05) is 30.6 Å². The molecule has 0 aromatic heterocycles. The molecule has 4 rings (SSSR count). The van der Waals surface area contributed by atoms with Gasteiger partial charge in [-0.3, -0.25) is 9.59 Å². The summed E-state index contributed by atoms with van der Waals surface area (Å²) < 4.78 is 11.2. The van der Waals surface area contributed by atoms with Crippen molar-refractivity contribution in [3.05, 3.63) is 95.1 Å². The lowest BCUT2D eigenvalue weighted by molar-refractivity contribution is -0.131. The van der Waals surface area contributed by atoms with Gasteiger partial charge in [0.15, 0.2) is 0 Å². The molecule has 33 heavy (non-hydrogen) atoms. The van der Waals surface area contributed by atoms with Crippen molar-refractivity contribution in [3.63, 3.8) is 0 Å². The molecule has 0 unspecified atom stereocenters. The molecule has 0 saturated heterocycles. The summed E-state index contributed by atoms with van der Waals surface area (Å²) in [6.07, 6.45) is 0.988. The van der Waals surface area contributed by atoms with Crippen molar-refractivity contribution in [2.75, 3.05) is 20.3 Å². The Morgan fingerprint density at radius 3 is 2.64 bits per heavy atom. The van der Waals surface area contributed by atoms with Crippen molar-refractivity contribution >= 4 is 11.8 Å². The Hall–Kier alpha value is -3.80. The molecule has 0 aliphatic carbocycles. The highest BCUT2D eigenvalue weighted by Gasteiger charge is 2.21. The third-order valence-corrected chi connectivity index (χ3v) is 5.75. The third kappa shape index (κ3) is 5.71. The SMILES string of the molecule is COc1ccccc1CCC(=O)N1CCOc2ccc(C(=O)NCc3ccccc3)cc2C1. The minimum Gasteiger partial charge on any atom is -0.496 e. The Bertz CT molecular complexity index is 1110. The first-order chi connectivity index (χ1) is 16.1. The highest BCUT2D eigenvalue weighted by Crippen LogP contribution is 2.26. The topological polar surface area (TPSA) is 67.9 Å². The molecule has 1 N–H and O–H groups in total. The summed E-state index contributed by atoms with van der Waals surface area (Å²) in [5.41, 5.74) is 3.44. The normalized spacial score (nSPS) is 12.8. The van der Waals surface area contributed by atoms with E-state index in [9.17, 15) is 9.59 Å². The monoisotopic (exact) mass is 444 g/mol. The Balaban J connectivity index is 1.40. The van der Waals surface area contributed by atoms with Gasteiger partial charge in [-0.2, -0.15) is 0 Å². The fourth-order valence-corrected chi connectivity index (χ4v) is 3.94. The number of carbonyl (C=O) groups is 2. The Labute approximate surface area is 194 Å². The zero-order valence-electron chi connectivity index (χ0n) is 18.8. The van der Waals surface area contributed by atoms with E-state index in [1.807, 2.05) is 66.7 Å². The summed E-state index contributed by atoms with van der Waals surface area (Å²) in [5, 5.41) is 2.95. The van der Waals surface area contributed by atoms with E-state index in [0.29, 0.717) is 44.6 Å². The van der Waals surface area contributed by atoms with E-state index in [1.165, 1.54) is 0 Å². The number of nitrogens with zero attached hydrogens (tertiary/aromatic N) is 1. The lowest BCUT2D eigenvalue weighted by atomic mass is 10.1. The summed E-state index contributed by atoms with van der Waals surface area (Å²) in [5.74, 6) is 1.41. The van der Waals surface area contributed by atoms with Gasteiger partial charge in [0.25, 0.3) is 5.91 Å². The van der Waals surface area contributed by atoms with Gasteiger partial charge < -0.3 is 19.7 Å². The van der Waals surface area contributed by atoms with Crippen molar-refractivity contribution in [2.24, 2.45) is 0 Å². The van der Waals surface area contributed by atoms with Gasteiger partial charge in [0.2, 0.25) is 5.91 Å². The lowest BCUT2D eigenvalue weighted by Gasteiger charge is -2.20. The molecule has 3 aromatic rings. The molecule has 1 aliphatic rings. The molecule has 1 aliphatic heterocycles. The first-order valence-corrected chi connectivity index (χ1v) is 11.1. The second-order valence-corrected chi connectivity index (χ2v) is 7.97. The maximum Gasteiger partial charge on any atom is 0.251 e. The van der Waals surface area contributed by atoms with Crippen LogP contribution in [0.3, 0.4) is 0 Å². The molecule has 1 heterocycles. The van der Waals surface area contributed by atoms with Crippen molar-refractivity contribution in [1.82, 2.24) is 10.2 Å². The first kappa shape index (κ1) is 22.4. The van der Waals surface area contributed by atoms with Gasteiger partial charge in [-0.1, -0.05) is 48.5 Å². The van der Waals surface area contributed by atoms with Crippen molar-refractivity contribution in [2.45, 2.75) is 25.9 Å². The van der Waals surface area contributed by atoms with Crippen molar-refractivity contribution < 1.29 is 19.1 Å². The lowest BCUT2D eigenvalue weighted by Crippen LogP contribution is -2.32. The molecule has 6 heteroatoms. The molecular formula is C27H28N2O4. The van der Waals surface area contributed by atoms with E-state index < -0.39 is 0 Å². The standard InChI is InChI=1S/C27H28N2O4/c1-32-24-10-6-5-9-21(24)12-14-26(30)29-15-16-33-25-13-11-22(17-23(25)19-29)27(31)28-18-20-7-3-2-4-8-20/h2-11,13,17H,12,14-16,18-19H2,1H3,(H,28,31). The van der Waals surface area contributed by atoms with Crippen molar-refractivity contribution in [3.8, 4) is 11.5 Å². The number of hydrogen-bond acceptors (Lipinski definition) is 4. The number of para-hydroxylation sites is 1. The van der Waals surface area contributed by atoms with Gasteiger partial charge >= 0.3 is 0 Å². The highest BCUT2D eigenvalue weighted by molar-refractivity contribution is 5.94. The molecule has 2 amide bonds. The van der Waals surface area contributed by atoms with Crippen LogP contribution in [0.2, 0.25) is 0 Å². The predicted octanol–water partition coefficient (Wildman–Crippen LogP) is 3.98. The van der Waals surface area contributed by atoms with Crippen LogP contribution in [0.15, 0.2) is 72.8 Å². The molecular weight excluding hydrogens is 416 g/mol. The first-order valence-electron chi connectivity index (χ1n) is 11.1. The molecule has 3 aromatic carbocycles. The van der Waals surface area contributed by atoms with Gasteiger partial charge in [0.05, 0.1) is 13.7 Å². The van der Waals surface area contributed by atoms with Gasteiger partial charge in [-0.15, -0.1) is 0 Å². The van der Waals surface area contributed by atoms with Crippen LogP contribution in [0.1, 0.15) is 33.5 Å². The van der Waals surface area contributed by atoms with E-state index in [-0.39, 0.29) is 11.8 Å². The number of rotatable bonds is 7. The fraction of sp³-hybridized carbons (Fsp3) is 0.259. The summed E-state index contributed by atoms with van der Waals surface area (Å²) in [4.78, 5) is 27.4. The number of fused-ring (bicyclic) bond motifs is 1. The van der Waals surface area contributed by atoms with E-state index >= 15 is 0 Å². The molecule has 0 radical (unpaired) electrons. The van der Waals surface area contributed by atoms with Crippen LogP contribution in [0.4, 0.5) is 0 Å². The summed E-state index contributed by atoms with van der Waals surface area (Å²) in [7, 11) is 1.64. The third-order valence-electron chi connectivity index (χ3n) is 5.75. The maximum absolute atomic E-state index is 13.0. The number of benzene rings is 3. The van der Waals surface area contributed by atoms with Crippen LogP contribution >= 0.6 is 0 Å². The second-order valence-electron chi connectivity index (χ2n) is 7.97. The smallest absolute Gasteiger partial charge is 0.251 e. The molecule has 0 bridgehead atoms. The van der Waals surface area contributed by atoms with E-state index in [4.69, 9.17) is 9.47 Å². The van der Waals surface area contributed by atoms with Crippen LogP contribution in [-0.2, 0) is 24.3 Å². The largest absolute Gasteiger partial charge is 0.496 e. The number of hydrogen-bond donors (Lipinski definition) is 1. The zero-order valence-corrected chi connectivity index (χ0v) is 18.8. The molecule has 0 atom stereocenters. The van der Waals surface area contributed by atoms with E-state index in [0.717, 1.165) is 28.2 Å². The zero-order chi connectivity index (χ0) is 23.0. The maximum atomic E-state index is 13.0. The van der Waals surface area contributed by atoms with Crippen LogP contribution in [0, 0.1) is 0 Å². The fourth-order valence-electron chi connectivity index (χ4n) is 3.94. The van der Waals surface area contributed by atoms with E-state index in [2.05, 4.69) is 5.32 Å². The van der Waals surface area contributed by atoms with Crippen LogP contribution < -0.4 is 14.8 Å². The van der Waals surface area contributed by atoms with Gasteiger partial charge in [0.1, 0.15) is 18.1 Å². The van der Waals surface area contributed by atoms with Crippen LogP contribution in [0.25, 0.3) is 0 Å². The summed E-state index contributed by atoms with van der Waals surface area (Å²) in [6.45, 7) is 1.81. The number of nitrogens with one attached hydrogen (secondary N) is 1. The average Bonchev–Trinajstić information content (AvgIpc) is 3.08. The minimum atomic E-state index is -0.153. The molecule has 170 valence electrons. The number of aryl methyl sites for hydroxylation is 1. The van der Waals surface area contributed by atoms with Crippen molar-refractivity contribution in [1.29, 1.82) is 0 Å². The van der Waals surface area contributed by atoms with Crippen LogP contribution in [0.5, 0.6) is 11.5 Å². The Morgan fingerprint density at radius 1 is 1.03 bits per heavy atom. The molecule has 6 nitrogen and oxygen atoms in total. The quantitative estimate of drug-likeness (QED) is 0.599. The number of methoxy groups -OCH3 is 1. The number of amides is 2. The van der Waals surface area contributed by atoms with Gasteiger partial charge in [-0.25, -0.2) is 0 Å². The van der Waals surface area contributed by atoms with Gasteiger partial charge in [-0.05, 0) is 41.8 Å². The van der Waals surface area contributed by atoms with Crippen LogP contribution in [-0.4, -0.2) is 37.0 Å². The second kappa shape index (κ2) is 10.7.